The monoisotopic (exact) mass is 694 g/mol. The number of hydrogen-bond donors (Lipinski definition) is 1. The summed E-state index contributed by atoms with van der Waals surface area (Å²) in [5.74, 6) is -0.256. The molecule has 148 valence electrons. The number of halogens is 3. The zero-order chi connectivity index (χ0) is 21.1. The predicted octanol–water partition coefficient (Wildman–Crippen LogP) is 5.05. The molecule has 1 aliphatic rings. The minimum atomic E-state index is -0.523. The number of nitrogens with zero attached hydrogens (tertiary/aromatic N) is 1. The Morgan fingerprint density at radius 2 is 1.79 bits per heavy atom. The molecule has 0 bridgehead atoms. The van der Waals surface area contributed by atoms with E-state index in [4.69, 9.17) is 17.0 Å². The van der Waals surface area contributed by atoms with Gasteiger partial charge in [-0.3, -0.25) is 19.8 Å². The maximum atomic E-state index is 13.1. The Morgan fingerprint density at radius 3 is 2.38 bits per heavy atom. The molecule has 0 aliphatic carbocycles. The number of rotatable bonds is 5. The number of thiocarbonyl (C=S) groups is 1. The molecule has 2 aromatic carbocycles. The van der Waals surface area contributed by atoms with E-state index in [-0.39, 0.29) is 10.7 Å². The molecule has 1 aliphatic heterocycles. The maximum absolute atomic E-state index is 13.1. The van der Waals surface area contributed by atoms with Gasteiger partial charge >= 0.3 is 0 Å². The molecule has 0 aromatic heterocycles. The highest BCUT2D eigenvalue weighted by Crippen LogP contribution is 2.31. The van der Waals surface area contributed by atoms with Crippen LogP contribution in [0.5, 0.6) is 5.75 Å². The van der Waals surface area contributed by atoms with Gasteiger partial charge in [0.1, 0.15) is 17.9 Å². The molecular formula is C20H13BrI2N2O3S. The van der Waals surface area contributed by atoms with Crippen molar-refractivity contribution in [3.8, 4) is 5.75 Å². The highest BCUT2D eigenvalue weighted by atomic mass is 127. The van der Waals surface area contributed by atoms with Gasteiger partial charge in [0.25, 0.3) is 11.8 Å². The lowest BCUT2D eigenvalue weighted by molar-refractivity contribution is -0.122. The van der Waals surface area contributed by atoms with Gasteiger partial charge in [-0.1, -0.05) is 28.6 Å². The Labute approximate surface area is 209 Å². The molecule has 1 saturated heterocycles. The number of benzene rings is 2. The molecule has 0 saturated carbocycles. The van der Waals surface area contributed by atoms with Gasteiger partial charge in [-0.2, -0.15) is 0 Å². The highest BCUT2D eigenvalue weighted by molar-refractivity contribution is 14.1. The van der Waals surface area contributed by atoms with Crippen LogP contribution >= 0.6 is 73.3 Å². The maximum Gasteiger partial charge on any atom is 0.270 e. The van der Waals surface area contributed by atoms with Gasteiger partial charge in [0.05, 0.1) is 12.8 Å². The third kappa shape index (κ3) is 5.06. The minimum Gasteiger partial charge on any atom is -0.487 e. The Balaban J connectivity index is 1.98. The molecule has 29 heavy (non-hydrogen) atoms. The molecule has 0 atom stereocenters. The second kappa shape index (κ2) is 9.67. The van der Waals surface area contributed by atoms with E-state index < -0.39 is 11.8 Å². The molecule has 3 rings (SSSR count). The zero-order valence-electron chi connectivity index (χ0n) is 14.7. The Bertz CT molecular complexity index is 1030. The molecule has 0 unspecified atom stereocenters. The van der Waals surface area contributed by atoms with Gasteiger partial charge in [0, 0.05) is 4.47 Å². The summed E-state index contributed by atoms with van der Waals surface area (Å²) in [6.07, 6.45) is 3.24. The van der Waals surface area contributed by atoms with Gasteiger partial charge in [0.2, 0.25) is 0 Å². The lowest BCUT2D eigenvalue weighted by Crippen LogP contribution is -2.54. The van der Waals surface area contributed by atoms with Crippen molar-refractivity contribution in [3.63, 3.8) is 0 Å². The van der Waals surface area contributed by atoms with E-state index in [9.17, 15) is 9.59 Å². The largest absolute Gasteiger partial charge is 0.487 e. The third-order valence-corrected chi connectivity index (χ3v) is 6.28. The molecule has 2 aromatic rings. The smallest absolute Gasteiger partial charge is 0.270 e. The normalized spacial score (nSPS) is 15.5. The number of ether oxygens (including phenoxy) is 1. The van der Waals surface area contributed by atoms with Gasteiger partial charge in [-0.15, -0.1) is 0 Å². The Hall–Kier alpha value is -1.31. The van der Waals surface area contributed by atoms with E-state index >= 15 is 0 Å². The van der Waals surface area contributed by atoms with Crippen LogP contribution in [0.3, 0.4) is 0 Å². The molecule has 1 heterocycles. The van der Waals surface area contributed by atoms with Gasteiger partial charge in [0.15, 0.2) is 5.11 Å². The predicted molar refractivity (Wildman–Crippen MR) is 138 cm³/mol. The van der Waals surface area contributed by atoms with E-state index in [1.807, 2.05) is 12.1 Å². The number of nitrogens with one attached hydrogen (secondary N) is 1. The molecular weight excluding hydrogens is 682 g/mol. The quantitative estimate of drug-likeness (QED) is 0.157. The fourth-order valence-electron chi connectivity index (χ4n) is 2.59. The van der Waals surface area contributed by atoms with Crippen molar-refractivity contribution in [2.45, 2.75) is 0 Å². The van der Waals surface area contributed by atoms with E-state index in [0.29, 0.717) is 17.9 Å². The lowest BCUT2D eigenvalue weighted by atomic mass is 10.1. The van der Waals surface area contributed by atoms with Crippen LogP contribution < -0.4 is 15.0 Å². The molecule has 0 radical (unpaired) electrons. The number of carbonyl (C=O) groups excluding carboxylic acids is 2. The van der Waals surface area contributed by atoms with E-state index in [2.05, 4.69) is 73.0 Å². The first-order valence-electron chi connectivity index (χ1n) is 8.21. The first kappa shape index (κ1) is 22.4. The fourth-order valence-corrected chi connectivity index (χ4v) is 5.26. The van der Waals surface area contributed by atoms with Crippen LogP contribution in [-0.4, -0.2) is 23.5 Å². The van der Waals surface area contributed by atoms with Crippen LogP contribution in [0.15, 0.2) is 59.1 Å². The first-order valence-corrected chi connectivity index (χ1v) is 11.6. The Kier molecular flexibility index (Phi) is 7.46. The van der Waals surface area contributed by atoms with E-state index in [0.717, 1.165) is 17.4 Å². The van der Waals surface area contributed by atoms with Crippen LogP contribution in [0, 0.1) is 7.14 Å². The van der Waals surface area contributed by atoms with Gasteiger partial charge in [-0.25, -0.2) is 0 Å². The summed E-state index contributed by atoms with van der Waals surface area (Å²) in [6.45, 7) is 4.05. The minimum absolute atomic E-state index is 0.00730. The summed E-state index contributed by atoms with van der Waals surface area (Å²) in [5.41, 5.74) is 1.30. The molecule has 0 spiro atoms. The summed E-state index contributed by atoms with van der Waals surface area (Å²) < 4.78 is 8.28. The average molecular weight is 695 g/mol. The topological polar surface area (TPSA) is 58.6 Å². The van der Waals surface area contributed by atoms with Crippen LogP contribution in [0.4, 0.5) is 5.69 Å². The summed E-state index contributed by atoms with van der Waals surface area (Å²) in [4.78, 5) is 26.9. The van der Waals surface area contributed by atoms with Crippen LogP contribution in [0.2, 0.25) is 0 Å². The second-order valence-corrected chi connectivity index (χ2v) is 9.47. The number of amides is 2. The van der Waals surface area contributed by atoms with Gasteiger partial charge < -0.3 is 4.74 Å². The third-order valence-electron chi connectivity index (χ3n) is 3.86. The van der Waals surface area contributed by atoms with Crippen molar-refractivity contribution in [2.24, 2.45) is 0 Å². The van der Waals surface area contributed by atoms with Crippen molar-refractivity contribution in [1.29, 1.82) is 0 Å². The Morgan fingerprint density at radius 1 is 1.17 bits per heavy atom. The van der Waals surface area contributed by atoms with E-state index in [1.165, 1.54) is 4.90 Å². The molecule has 2 amide bonds. The van der Waals surface area contributed by atoms with Crippen molar-refractivity contribution in [2.75, 3.05) is 11.5 Å². The SMILES string of the molecule is C=CCOc1c(I)cc(/C=C2\C(=O)NC(=S)N(c3ccc(Br)cc3)C2=O)cc1I. The summed E-state index contributed by atoms with van der Waals surface area (Å²) in [7, 11) is 0. The highest BCUT2D eigenvalue weighted by Gasteiger charge is 2.34. The summed E-state index contributed by atoms with van der Waals surface area (Å²) in [6, 6.07) is 10.8. The van der Waals surface area contributed by atoms with Crippen molar-refractivity contribution in [1.82, 2.24) is 5.32 Å². The standard InChI is InChI=1S/C20H13BrI2N2O3S/c1-2-7-28-17-15(22)9-11(10-16(17)23)8-14-18(26)24-20(29)25(19(14)27)13-5-3-12(21)4-6-13/h2-6,8-10H,1,7H2,(H,24,26,29)/b14-8+. The number of carbonyl (C=O) groups is 2. The van der Waals surface area contributed by atoms with Crippen LogP contribution in [0.25, 0.3) is 6.08 Å². The molecule has 5 nitrogen and oxygen atoms in total. The molecule has 9 heteroatoms. The molecule has 1 fully saturated rings. The summed E-state index contributed by atoms with van der Waals surface area (Å²) >= 11 is 12.9. The first-order chi connectivity index (χ1) is 13.8. The van der Waals surface area contributed by atoms with Gasteiger partial charge in [-0.05, 0) is 105 Å². The number of anilines is 1. The van der Waals surface area contributed by atoms with Crippen LogP contribution in [0.1, 0.15) is 5.56 Å². The molecule has 1 N–H and O–H groups in total. The zero-order valence-corrected chi connectivity index (χ0v) is 21.5. The fraction of sp³-hybridized carbons (Fsp3) is 0.0500. The van der Waals surface area contributed by atoms with Crippen molar-refractivity contribution >= 4 is 102 Å². The summed E-state index contributed by atoms with van der Waals surface area (Å²) in [5, 5.41) is 2.64. The second-order valence-electron chi connectivity index (χ2n) is 5.85. The number of hydrogen-bond acceptors (Lipinski definition) is 4. The van der Waals surface area contributed by atoms with Crippen molar-refractivity contribution < 1.29 is 14.3 Å². The van der Waals surface area contributed by atoms with Crippen molar-refractivity contribution in [3.05, 3.63) is 71.8 Å². The van der Waals surface area contributed by atoms with E-state index in [1.54, 1.807) is 36.4 Å². The lowest BCUT2D eigenvalue weighted by Gasteiger charge is -2.29. The van der Waals surface area contributed by atoms with Crippen LogP contribution in [-0.2, 0) is 9.59 Å². The average Bonchev–Trinajstić information content (AvgIpc) is 2.66.